The summed E-state index contributed by atoms with van der Waals surface area (Å²) in [5, 5.41) is 3.31. The number of benzene rings is 1. The Morgan fingerprint density at radius 3 is 2.76 bits per heavy atom. The third kappa shape index (κ3) is 4.44. The minimum atomic E-state index is -0.141. The van der Waals surface area contributed by atoms with Crippen LogP contribution in [0.15, 0.2) is 18.2 Å². The summed E-state index contributed by atoms with van der Waals surface area (Å²) < 4.78 is 19.1. The normalized spacial score (nSPS) is 12.7. The Kier molecular flexibility index (Phi) is 6.16. The van der Waals surface area contributed by atoms with Crippen molar-refractivity contribution in [2.24, 2.45) is 0 Å². The highest BCUT2D eigenvalue weighted by Gasteiger charge is 2.14. The van der Waals surface area contributed by atoms with E-state index in [0.717, 1.165) is 24.1 Å². The van der Waals surface area contributed by atoms with Crippen molar-refractivity contribution in [2.45, 2.75) is 33.2 Å². The summed E-state index contributed by atoms with van der Waals surface area (Å²) in [5.41, 5.74) is 1.83. The van der Waals surface area contributed by atoms with Crippen LogP contribution >= 0.6 is 0 Å². The first kappa shape index (κ1) is 14.1. The molecule has 0 fully saturated rings. The number of rotatable bonds is 7. The van der Waals surface area contributed by atoms with Crippen molar-refractivity contribution in [3.63, 3.8) is 0 Å². The van der Waals surface area contributed by atoms with E-state index in [9.17, 15) is 4.39 Å². The number of nitrogens with one attached hydrogen (secondary N) is 1. The summed E-state index contributed by atoms with van der Waals surface area (Å²) in [5.74, 6) is -0.141. The van der Waals surface area contributed by atoms with Crippen LogP contribution in [0.1, 0.15) is 37.4 Å². The van der Waals surface area contributed by atoms with Crippen LogP contribution in [0.5, 0.6) is 0 Å². The molecule has 0 aliphatic carbocycles. The largest absolute Gasteiger partial charge is 0.382 e. The van der Waals surface area contributed by atoms with Gasteiger partial charge in [-0.3, -0.25) is 0 Å². The molecule has 0 aliphatic rings. The fourth-order valence-electron chi connectivity index (χ4n) is 1.89. The van der Waals surface area contributed by atoms with Crippen LogP contribution in [0, 0.1) is 12.7 Å². The molecular weight excluding hydrogens is 217 g/mol. The van der Waals surface area contributed by atoms with Crippen molar-refractivity contribution < 1.29 is 9.13 Å². The van der Waals surface area contributed by atoms with E-state index in [4.69, 9.17) is 4.74 Å². The van der Waals surface area contributed by atoms with Gasteiger partial charge in [-0.05, 0) is 32.9 Å². The maximum Gasteiger partial charge on any atom is 0.127 e. The van der Waals surface area contributed by atoms with E-state index < -0.39 is 0 Å². The molecule has 1 N–H and O–H groups in total. The van der Waals surface area contributed by atoms with Crippen molar-refractivity contribution >= 4 is 0 Å². The van der Waals surface area contributed by atoms with Gasteiger partial charge in [-0.1, -0.05) is 24.6 Å². The van der Waals surface area contributed by atoms with E-state index in [1.165, 1.54) is 6.07 Å². The predicted molar refractivity (Wildman–Crippen MR) is 68.7 cm³/mol. The lowest BCUT2D eigenvalue weighted by Crippen LogP contribution is -2.23. The average Bonchev–Trinajstić information content (AvgIpc) is 2.32. The van der Waals surface area contributed by atoms with E-state index in [1.807, 2.05) is 26.8 Å². The topological polar surface area (TPSA) is 21.3 Å². The molecule has 0 aliphatic heterocycles. The van der Waals surface area contributed by atoms with Crippen LogP contribution in [-0.2, 0) is 4.74 Å². The molecule has 1 aromatic rings. The second-order valence-corrected chi connectivity index (χ2v) is 4.12. The molecule has 1 atom stereocenters. The number of ether oxygens (including phenoxy) is 1. The van der Waals surface area contributed by atoms with Gasteiger partial charge in [0.15, 0.2) is 0 Å². The smallest absolute Gasteiger partial charge is 0.127 e. The summed E-state index contributed by atoms with van der Waals surface area (Å²) in [4.78, 5) is 0. The molecule has 96 valence electrons. The van der Waals surface area contributed by atoms with Crippen LogP contribution in [0.25, 0.3) is 0 Å². The molecular formula is C14H22FNO. The highest BCUT2D eigenvalue weighted by atomic mass is 19.1. The maximum absolute atomic E-state index is 13.8. The standard InChI is InChI=1S/C14H22FNO/c1-4-16-14(8-9-17-5-2)12-10-11(3)6-7-13(12)15/h6-7,10,14,16H,4-5,8-9H2,1-3H3. The van der Waals surface area contributed by atoms with Crippen molar-refractivity contribution in [1.29, 1.82) is 0 Å². The van der Waals surface area contributed by atoms with E-state index in [0.29, 0.717) is 13.2 Å². The molecule has 0 radical (unpaired) electrons. The van der Waals surface area contributed by atoms with Crippen LogP contribution in [0.4, 0.5) is 4.39 Å². The van der Waals surface area contributed by atoms with E-state index in [2.05, 4.69) is 5.32 Å². The molecule has 0 bridgehead atoms. The number of hydrogen-bond donors (Lipinski definition) is 1. The van der Waals surface area contributed by atoms with E-state index >= 15 is 0 Å². The summed E-state index contributed by atoms with van der Waals surface area (Å²) in [6.45, 7) is 8.16. The summed E-state index contributed by atoms with van der Waals surface area (Å²) >= 11 is 0. The second kappa shape index (κ2) is 7.41. The molecule has 17 heavy (non-hydrogen) atoms. The van der Waals surface area contributed by atoms with Gasteiger partial charge in [-0.25, -0.2) is 4.39 Å². The Labute approximate surface area is 103 Å². The summed E-state index contributed by atoms with van der Waals surface area (Å²) in [6.07, 6.45) is 0.794. The van der Waals surface area contributed by atoms with Crippen molar-refractivity contribution in [3.05, 3.63) is 35.1 Å². The van der Waals surface area contributed by atoms with Gasteiger partial charge in [-0.15, -0.1) is 0 Å². The predicted octanol–water partition coefficient (Wildman–Crippen LogP) is 3.21. The monoisotopic (exact) mass is 239 g/mol. The van der Waals surface area contributed by atoms with Crippen molar-refractivity contribution in [1.82, 2.24) is 5.32 Å². The molecule has 0 saturated heterocycles. The van der Waals surface area contributed by atoms with Crippen LogP contribution in [0.3, 0.4) is 0 Å². The Morgan fingerprint density at radius 1 is 1.35 bits per heavy atom. The fraction of sp³-hybridized carbons (Fsp3) is 0.571. The van der Waals surface area contributed by atoms with Gasteiger partial charge in [0.2, 0.25) is 0 Å². The highest BCUT2D eigenvalue weighted by Crippen LogP contribution is 2.21. The number of aryl methyl sites for hydroxylation is 1. The highest BCUT2D eigenvalue weighted by molar-refractivity contribution is 5.26. The molecule has 1 rings (SSSR count). The molecule has 2 nitrogen and oxygen atoms in total. The zero-order valence-electron chi connectivity index (χ0n) is 10.9. The first-order valence-corrected chi connectivity index (χ1v) is 6.26. The Balaban J connectivity index is 2.77. The van der Waals surface area contributed by atoms with Gasteiger partial charge in [0.1, 0.15) is 5.82 Å². The van der Waals surface area contributed by atoms with E-state index in [-0.39, 0.29) is 11.9 Å². The van der Waals surface area contributed by atoms with Gasteiger partial charge in [-0.2, -0.15) is 0 Å². The summed E-state index contributed by atoms with van der Waals surface area (Å²) in [6, 6.07) is 5.28. The summed E-state index contributed by atoms with van der Waals surface area (Å²) in [7, 11) is 0. The number of hydrogen-bond acceptors (Lipinski definition) is 2. The van der Waals surface area contributed by atoms with Crippen LogP contribution in [0.2, 0.25) is 0 Å². The molecule has 0 aromatic heterocycles. The van der Waals surface area contributed by atoms with Crippen molar-refractivity contribution in [2.75, 3.05) is 19.8 Å². The molecule has 0 heterocycles. The third-order valence-electron chi connectivity index (χ3n) is 2.73. The number of halogens is 1. The SMILES string of the molecule is CCNC(CCOCC)c1cc(C)ccc1F. The first-order chi connectivity index (χ1) is 8.19. The van der Waals surface area contributed by atoms with Gasteiger partial charge in [0.05, 0.1) is 0 Å². The molecule has 0 saturated carbocycles. The fourth-order valence-corrected chi connectivity index (χ4v) is 1.89. The molecule has 3 heteroatoms. The Morgan fingerprint density at radius 2 is 2.12 bits per heavy atom. The molecule has 1 aromatic carbocycles. The second-order valence-electron chi connectivity index (χ2n) is 4.12. The lowest BCUT2D eigenvalue weighted by molar-refractivity contribution is 0.136. The molecule has 0 spiro atoms. The van der Waals surface area contributed by atoms with E-state index in [1.54, 1.807) is 6.07 Å². The van der Waals surface area contributed by atoms with Gasteiger partial charge >= 0.3 is 0 Å². The lowest BCUT2D eigenvalue weighted by Gasteiger charge is -2.19. The maximum atomic E-state index is 13.8. The zero-order chi connectivity index (χ0) is 12.7. The molecule has 0 amide bonds. The minimum Gasteiger partial charge on any atom is -0.382 e. The molecule has 1 unspecified atom stereocenters. The van der Waals surface area contributed by atoms with Gasteiger partial charge < -0.3 is 10.1 Å². The Hall–Kier alpha value is -0.930. The van der Waals surface area contributed by atoms with Crippen molar-refractivity contribution in [3.8, 4) is 0 Å². The lowest BCUT2D eigenvalue weighted by atomic mass is 10.0. The van der Waals surface area contributed by atoms with Gasteiger partial charge in [0.25, 0.3) is 0 Å². The zero-order valence-corrected chi connectivity index (χ0v) is 10.9. The third-order valence-corrected chi connectivity index (χ3v) is 2.73. The van der Waals surface area contributed by atoms with Crippen LogP contribution < -0.4 is 5.32 Å². The van der Waals surface area contributed by atoms with Crippen LogP contribution in [-0.4, -0.2) is 19.8 Å². The quantitative estimate of drug-likeness (QED) is 0.738. The average molecular weight is 239 g/mol. The Bertz CT molecular complexity index is 341. The first-order valence-electron chi connectivity index (χ1n) is 6.26. The minimum absolute atomic E-state index is 0.0337. The van der Waals surface area contributed by atoms with Gasteiger partial charge in [0, 0.05) is 24.8 Å².